The molecule has 0 saturated heterocycles. The van der Waals surface area contributed by atoms with Crippen LogP contribution >= 0.6 is 0 Å². The summed E-state index contributed by atoms with van der Waals surface area (Å²) < 4.78 is 10.8. The standard InChI is InChI=1S/C15H23N3O3/c1-20-14-8-12(4-5-13(14)15(16)18-19)9-17-6-7-21-10-11-2-3-11/h4-5,8,11,17,19H,2-3,6-7,9-10H2,1H3,(H2,16,18). The van der Waals surface area contributed by atoms with Crippen molar-refractivity contribution in [2.75, 3.05) is 26.9 Å². The molecule has 2 rings (SSSR count). The van der Waals surface area contributed by atoms with E-state index in [4.69, 9.17) is 20.4 Å². The lowest BCUT2D eigenvalue weighted by molar-refractivity contribution is 0.126. The molecule has 0 radical (unpaired) electrons. The fraction of sp³-hybridized carbons (Fsp3) is 0.533. The molecule has 6 heteroatoms. The summed E-state index contributed by atoms with van der Waals surface area (Å²) in [5.41, 5.74) is 7.25. The molecule has 4 N–H and O–H groups in total. The largest absolute Gasteiger partial charge is 0.496 e. The summed E-state index contributed by atoms with van der Waals surface area (Å²) in [5, 5.41) is 15.0. The first kappa shape index (κ1) is 15.6. The van der Waals surface area contributed by atoms with Crippen molar-refractivity contribution in [1.29, 1.82) is 0 Å². The van der Waals surface area contributed by atoms with Gasteiger partial charge in [-0.3, -0.25) is 0 Å². The molecule has 0 heterocycles. The van der Waals surface area contributed by atoms with Gasteiger partial charge in [-0.25, -0.2) is 0 Å². The van der Waals surface area contributed by atoms with Crippen molar-refractivity contribution in [3.05, 3.63) is 29.3 Å². The van der Waals surface area contributed by atoms with Gasteiger partial charge in [-0.15, -0.1) is 0 Å². The van der Waals surface area contributed by atoms with E-state index in [9.17, 15) is 0 Å². The number of rotatable bonds is 9. The molecule has 1 aromatic rings. The number of oxime groups is 1. The fourth-order valence-corrected chi connectivity index (χ4v) is 2.02. The van der Waals surface area contributed by atoms with Gasteiger partial charge in [0.25, 0.3) is 0 Å². The van der Waals surface area contributed by atoms with Crippen LogP contribution in [-0.4, -0.2) is 37.9 Å². The third-order valence-electron chi connectivity index (χ3n) is 3.45. The highest BCUT2D eigenvalue weighted by Gasteiger charge is 2.20. The molecular formula is C15H23N3O3. The Balaban J connectivity index is 1.77. The van der Waals surface area contributed by atoms with Crippen LogP contribution < -0.4 is 15.8 Å². The van der Waals surface area contributed by atoms with Crippen LogP contribution in [0.25, 0.3) is 0 Å². The summed E-state index contributed by atoms with van der Waals surface area (Å²) in [7, 11) is 1.56. The van der Waals surface area contributed by atoms with Crippen LogP contribution in [0, 0.1) is 5.92 Å². The molecule has 0 spiro atoms. The van der Waals surface area contributed by atoms with Crippen LogP contribution in [0.4, 0.5) is 0 Å². The monoisotopic (exact) mass is 293 g/mol. The van der Waals surface area contributed by atoms with Crippen LogP contribution in [0.1, 0.15) is 24.0 Å². The summed E-state index contributed by atoms with van der Waals surface area (Å²) in [5.74, 6) is 1.44. The SMILES string of the molecule is COc1cc(CNCCOCC2CC2)ccc1/C(N)=N/O. The first-order chi connectivity index (χ1) is 10.2. The zero-order chi connectivity index (χ0) is 15.1. The van der Waals surface area contributed by atoms with Crippen molar-refractivity contribution in [2.45, 2.75) is 19.4 Å². The maximum Gasteiger partial charge on any atom is 0.173 e. The average molecular weight is 293 g/mol. The smallest absolute Gasteiger partial charge is 0.173 e. The summed E-state index contributed by atoms with van der Waals surface area (Å²) in [6.45, 7) is 3.16. The zero-order valence-corrected chi connectivity index (χ0v) is 12.3. The highest BCUT2D eigenvalue weighted by Crippen LogP contribution is 2.28. The summed E-state index contributed by atoms with van der Waals surface area (Å²) in [6, 6.07) is 5.59. The number of benzene rings is 1. The minimum atomic E-state index is 0.0415. The minimum absolute atomic E-state index is 0.0415. The molecule has 0 aromatic heterocycles. The van der Waals surface area contributed by atoms with Gasteiger partial charge in [-0.05, 0) is 36.5 Å². The lowest BCUT2D eigenvalue weighted by atomic mass is 10.1. The average Bonchev–Trinajstić information content (AvgIpc) is 3.34. The van der Waals surface area contributed by atoms with Crippen LogP contribution in [0.5, 0.6) is 5.75 Å². The molecule has 6 nitrogen and oxygen atoms in total. The topological polar surface area (TPSA) is 89.1 Å². The molecular weight excluding hydrogens is 270 g/mol. The Morgan fingerprint density at radius 1 is 1.48 bits per heavy atom. The number of ether oxygens (including phenoxy) is 2. The highest BCUT2D eigenvalue weighted by molar-refractivity contribution is 5.99. The normalized spacial score (nSPS) is 15.2. The van der Waals surface area contributed by atoms with Gasteiger partial charge < -0.3 is 25.7 Å². The molecule has 1 aromatic carbocycles. The molecule has 0 atom stereocenters. The molecule has 1 aliphatic rings. The first-order valence-electron chi connectivity index (χ1n) is 7.18. The van der Waals surface area contributed by atoms with E-state index < -0.39 is 0 Å². The van der Waals surface area contributed by atoms with Gasteiger partial charge in [-0.2, -0.15) is 0 Å². The lowest BCUT2D eigenvalue weighted by Gasteiger charge is -2.10. The van der Waals surface area contributed by atoms with E-state index in [0.717, 1.165) is 37.8 Å². The third-order valence-corrected chi connectivity index (χ3v) is 3.45. The number of nitrogens with two attached hydrogens (primary N) is 1. The van der Waals surface area contributed by atoms with Crippen LogP contribution in [-0.2, 0) is 11.3 Å². The summed E-state index contributed by atoms with van der Waals surface area (Å²) in [4.78, 5) is 0. The molecule has 0 aliphatic heterocycles. The Bertz CT molecular complexity index is 487. The summed E-state index contributed by atoms with van der Waals surface area (Å²) >= 11 is 0. The minimum Gasteiger partial charge on any atom is -0.496 e. The second-order valence-corrected chi connectivity index (χ2v) is 5.21. The molecule has 1 saturated carbocycles. The van der Waals surface area contributed by atoms with Crippen molar-refractivity contribution in [3.63, 3.8) is 0 Å². The Morgan fingerprint density at radius 2 is 2.29 bits per heavy atom. The van der Waals surface area contributed by atoms with E-state index in [-0.39, 0.29) is 5.84 Å². The van der Waals surface area contributed by atoms with Crippen molar-refractivity contribution in [3.8, 4) is 5.75 Å². The second-order valence-electron chi connectivity index (χ2n) is 5.21. The Hall–Kier alpha value is -1.79. The van der Waals surface area contributed by atoms with Gasteiger partial charge in [0.15, 0.2) is 5.84 Å². The van der Waals surface area contributed by atoms with Crippen LogP contribution in [0.3, 0.4) is 0 Å². The van der Waals surface area contributed by atoms with E-state index in [2.05, 4.69) is 10.5 Å². The van der Waals surface area contributed by atoms with E-state index in [0.29, 0.717) is 11.3 Å². The van der Waals surface area contributed by atoms with Crippen molar-refractivity contribution < 1.29 is 14.7 Å². The predicted octanol–water partition coefficient (Wildman–Crippen LogP) is 1.31. The van der Waals surface area contributed by atoms with Gasteiger partial charge in [0.05, 0.1) is 19.3 Å². The Labute approximate surface area is 124 Å². The quantitative estimate of drug-likeness (QED) is 0.210. The van der Waals surface area contributed by atoms with Crippen LogP contribution in [0.2, 0.25) is 0 Å². The lowest BCUT2D eigenvalue weighted by Crippen LogP contribution is -2.20. The number of nitrogens with one attached hydrogen (secondary N) is 1. The molecule has 0 bridgehead atoms. The number of amidine groups is 1. The molecule has 21 heavy (non-hydrogen) atoms. The maximum atomic E-state index is 8.73. The van der Waals surface area contributed by atoms with E-state index in [1.54, 1.807) is 13.2 Å². The second kappa shape index (κ2) is 7.85. The van der Waals surface area contributed by atoms with Gasteiger partial charge in [0.2, 0.25) is 0 Å². The molecule has 116 valence electrons. The Kier molecular flexibility index (Phi) is 5.83. The highest BCUT2D eigenvalue weighted by atomic mass is 16.5. The number of nitrogens with zero attached hydrogens (tertiary/aromatic N) is 1. The van der Waals surface area contributed by atoms with Crippen LogP contribution in [0.15, 0.2) is 23.4 Å². The van der Waals surface area contributed by atoms with Crippen molar-refractivity contribution in [1.82, 2.24) is 5.32 Å². The van der Waals surface area contributed by atoms with Gasteiger partial charge in [-0.1, -0.05) is 11.2 Å². The van der Waals surface area contributed by atoms with Gasteiger partial charge in [0, 0.05) is 19.7 Å². The van der Waals surface area contributed by atoms with Gasteiger partial charge in [0.1, 0.15) is 5.75 Å². The molecule has 1 aliphatic carbocycles. The molecule has 0 unspecified atom stereocenters. The van der Waals surface area contributed by atoms with E-state index in [1.807, 2.05) is 12.1 Å². The Morgan fingerprint density at radius 3 is 2.95 bits per heavy atom. The van der Waals surface area contributed by atoms with Crippen molar-refractivity contribution >= 4 is 5.84 Å². The molecule has 1 fully saturated rings. The fourth-order valence-electron chi connectivity index (χ4n) is 2.02. The zero-order valence-electron chi connectivity index (χ0n) is 12.3. The number of hydrogen-bond donors (Lipinski definition) is 3. The molecule has 0 amide bonds. The van der Waals surface area contributed by atoms with Gasteiger partial charge >= 0.3 is 0 Å². The number of methoxy groups -OCH3 is 1. The first-order valence-corrected chi connectivity index (χ1v) is 7.18. The van der Waals surface area contributed by atoms with E-state index in [1.165, 1.54) is 12.8 Å². The summed E-state index contributed by atoms with van der Waals surface area (Å²) in [6.07, 6.45) is 2.64. The van der Waals surface area contributed by atoms with E-state index >= 15 is 0 Å². The maximum absolute atomic E-state index is 8.73. The predicted molar refractivity (Wildman–Crippen MR) is 80.8 cm³/mol. The number of hydrogen-bond acceptors (Lipinski definition) is 5. The van der Waals surface area contributed by atoms with Crippen molar-refractivity contribution in [2.24, 2.45) is 16.8 Å². The third kappa shape index (κ3) is 4.91.